The van der Waals surface area contributed by atoms with E-state index >= 15 is 0 Å². The van der Waals surface area contributed by atoms with Gasteiger partial charge in [0.2, 0.25) is 0 Å². The van der Waals surface area contributed by atoms with Crippen LogP contribution in [0.5, 0.6) is 0 Å². The van der Waals surface area contributed by atoms with Crippen molar-refractivity contribution in [2.75, 3.05) is 0 Å². The van der Waals surface area contributed by atoms with Gasteiger partial charge in [-0.05, 0) is 38.0 Å². The molecule has 0 saturated heterocycles. The molecule has 0 spiro atoms. The van der Waals surface area contributed by atoms with Gasteiger partial charge in [0.15, 0.2) is 0 Å². The van der Waals surface area contributed by atoms with E-state index in [9.17, 15) is 9.90 Å². The lowest BCUT2D eigenvalue weighted by Crippen LogP contribution is -2.53. The second kappa shape index (κ2) is 3.43. The van der Waals surface area contributed by atoms with Crippen molar-refractivity contribution in [1.29, 1.82) is 0 Å². The number of ketones is 1. The number of hydrogen-bond acceptors (Lipinski definition) is 2. The topological polar surface area (TPSA) is 37.3 Å². The van der Waals surface area contributed by atoms with E-state index in [4.69, 9.17) is 0 Å². The summed E-state index contributed by atoms with van der Waals surface area (Å²) in [6.45, 7) is 2.08. The average Bonchev–Trinajstić information content (AvgIpc) is 2.60. The number of aliphatic hydroxyl groups is 1. The molecular weight excluding hydrogens is 200 g/mol. The molecule has 2 fully saturated rings. The lowest BCUT2D eigenvalue weighted by atomic mass is 9.58. The Morgan fingerprint density at radius 3 is 3.06 bits per heavy atom. The van der Waals surface area contributed by atoms with Crippen LogP contribution in [0, 0.1) is 17.8 Å². The van der Waals surface area contributed by atoms with E-state index in [1.165, 1.54) is 12.0 Å². The Kier molecular flexibility index (Phi) is 2.25. The Morgan fingerprint density at radius 1 is 1.44 bits per heavy atom. The van der Waals surface area contributed by atoms with Gasteiger partial charge < -0.3 is 5.11 Å². The molecule has 3 rings (SSSR count). The van der Waals surface area contributed by atoms with E-state index in [0.29, 0.717) is 18.3 Å². The molecule has 0 amide bonds. The zero-order valence-corrected chi connectivity index (χ0v) is 9.91. The predicted molar refractivity (Wildman–Crippen MR) is 61.9 cm³/mol. The Balaban J connectivity index is 1.94. The fourth-order valence-electron chi connectivity index (χ4n) is 4.31. The molecule has 0 unspecified atom stereocenters. The van der Waals surface area contributed by atoms with Gasteiger partial charge in [-0.25, -0.2) is 0 Å². The predicted octanol–water partition coefficient (Wildman–Crippen LogP) is 2.46. The molecule has 3 aliphatic rings. The molecule has 0 radical (unpaired) electrons. The molecule has 4 atom stereocenters. The van der Waals surface area contributed by atoms with E-state index in [1.54, 1.807) is 0 Å². The van der Waals surface area contributed by atoms with Gasteiger partial charge in [0, 0.05) is 12.3 Å². The largest absolute Gasteiger partial charge is 0.389 e. The minimum atomic E-state index is -0.658. The zero-order chi connectivity index (χ0) is 11.3. The van der Waals surface area contributed by atoms with E-state index in [2.05, 4.69) is 13.0 Å². The normalized spacial score (nSPS) is 47.2. The fourth-order valence-corrected chi connectivity index (χ4v) is 4.31. The number of carbonyl (C=O) groups excluding carboxylic acids is 1. The summed E-state index contributed by atoms with van der Waals surface area (Å²) >= 11 is 0. The summed E-state index contributed by atoms with van der Waals surface area (Å²) in [5.74, 6) is 1.21. The van der Waals surface area contributed by atoms with E-state index in [0.717, 1.165) is 25.7 Å². The van der Waals surface area contributed by atoms with Crippen molar-refractivity contribution in [3.63, 3.8) is 0 Å². The smallest absolute Gasteiger partial charge is 0.143 e. The van der Waals surface area contributed by atoms with Crippen molar-refractivity contribution in [3.05, 3.63) is 11.6 Å². The molecule has 2 heteroatoms. The standard InChI is InChI=1S/C14H20O2/c1-9-5-6-10-11-4-2-3-7-14(11,16)8-12(15)13(9)10/h5,10-11,13,16H,2-4,6-8H2,1H3/t10-,11-,13-,14-/m0/s1. The third-order valence-corrected chi connectivity index (χ3v) is 5.04. The molecule has 2 saturated carbocycles. The van der Waals surface area contributed by atoms with Crippen LogP contribution in [0.1, 0.15) is 45.4 Å². The van der Waals surface area contributed by atoms with Crippen molar-refractivity contribution in [2.24, 2.45) is 17.8 Å². The quantitative estimate of drug-likeness (QED) is 0.637. The summed E-state index contributed by atoms with van der Waals surface area (Å²) in [5, 5.41) is 10.7. The highest BCUT2D eigenvalue weighted by atomic mass is 16.3. The fraction of sp³-hybridized carbons (Fsp3) is 0.786. The molecule has 0 aliphatic heterocycles. The third-order valence-electron chi connectivity index (χ3n) is 5.04. The monoisotopic (exact) mass is 220 g/mol. The summed E-state index contributed by atoms with van der Waals surface area (Å²) in [6, 6.07) is 0. The van der Waals surface area contributed by atoms with Crippen molar-refractivity contribution in [2.45, 2.75) is 51.0 Å². The molecule has 2 nitrogen and oxygen atoms in total. The first kappa shape index (κ1) is 10.5. The molecule has 0 aromatic heterocycles. The maximum atomic E-state index is 12.1. The van der Waals surface area contributed by atoms with Gasteiger partial charge >= 0.3 is 0 Å². The summed E-state index contributed by atoms with van der Waals surface area (Å²) in [4.78, 5) is 12.1. The number of rotatable bonds is 0. The van der Waals surface area contributed by atoms with Crippen LogP contribution >= 0.6 is 0 Å². The first-order chi connectivity index (χ1) is 7.62. The van der Waals surface area contributed by atoms with Gasteiger partial charge in [-0.15, -0.1) is 0 Å². The molecule has 0 bridgehead atoms. The highest BCUT2D eigenvalue weighted by Crippen LogP contribution is 2.52. The molecular formula is C14H20O2. The lowest BCUT2D eigenvalue weighted by Gasteiger charge is -2.48. The second-order valence-electron chi connectivity index (χ2n) is 5.92. The maximum Gasteiger partial charge on any atom is 0.143 e. The molecule has 0 heterocycles. The first-order valence-electron chi connectivity index (χ1n) is 6.53. The minimum Gasteiger partial charge on any atom is -0.389 e. The van der Waals surface area contributed by atoms with Gasteiger partial charge in [-0.3, -0.25) is 4.79 Å². The van der Waals surface area contributed by atoms with Gasteiger partial charge in [-0.1, -0.05) is 24.5 Å². The molecule has 0 aromatic carbocycles. The number of allylic oxidation sites excluding steroid dienone is 2. The number of Topliss-reactive ketones (excluding diaryl/α,β-unsaturated/α-hetero) is 1. The molecule has 16 heavy (non-hydrogen) atoms. The van der Waals surface area contributed by atoms with Crippen LogP contribution in [0.2, 0.25) is 0 Å². The Bertz CT molecular complexity index is 358. The van der Waals surface area contributed by atoms with Crippen LogP contribution in [0.25, 0.3) is 0 Å². The van der Waals surface area contributed by atoms with Gasteiger partial charge in [0.05, 0.1) is 5.60 Å². The summed E-state index contributed by atoms with van der Waals surface area (Å²) in [6.07, 6.45) is 7.90. The van der Waals surface area contributed by atoms with Crippen molar-refractivity contribution >= 4 is 5.78 Å². The van der Waals surface area contributed by atoms with E-state index < -0.39 is 5.60 Å². The van der Waals surface area contributed by atoms with Crippen LogP contribution in [-0.2, 0) is 4.79 Å². The number of fused-ring (bicyclic) bond motifs is 3. The van der Waals surface area contributed by atoms with Crippen LogP contribution < -0.4 is 0 Å². The second-order valence-corrected chi connectivity index (χ2v) is 5.92. The summed E-state index contributed by atoms with van der Waals surface area (Å²) in [7, 11) is 0. The average molecular weight is 220 g/mol. The lowest BCUT2D eigenvalue weighted by molar-refractivity contribution is -0.149. The van der Waals surface area contributed by atoms with Crippen LogP contribution in [-0.4, -0.2) is 16.5 Å². The minimum absolute atomic E-state index is 0.142. The Hall–Kier alpha value is -0.630. The van der Waals surface area contributed by atoms with Gasteiger partial charge in [0.25, 0.3) is 0 Å². The number of hydrogen-bond donors (Lipinski definition) is 1. The molecule has 1 N–H and O–H groups in total. The van der Waals surface area contributed by atoms with Gasteiger partial charge in [0.1, 0.15) is 5.78 Å². The van der Waals surface area contributed by atoms with Crippen molar-refractivity contribution < 1.29 is 9.90 Å². The Labute approximate surface area is 96.7 Å². The van der Waals surface area contributed by atoms with Crippen LogP contribution in [0.3, 0.4) is 0 Å². The van der Waals surface area contributed by atoms with Crippen LogP contribution in [0.15, 0.2) is 11.6 Å². The van der Waals surface area contributed by atoms with E-state index in [1.807, 2.05) is 0 Å². The molecule has 88 valence electrons. The zero-order valence-electron chi connectivity index (χ0n) is 9.91. The highest BCUT2D eigenvalue weighted by molar-refractivity contribution is 5.86. The van der Waals surface area contributed by atoms with Crippen molar-refractivity contribution in [1.82, 2.24) is 0 Å². The molecule has 3 aliphatic carbocycles. The van der Waals surface area contributed by atoms with Crippen LogP contribution in [0.4, 0.5) is 0 Å². The SMILES string of the molecule is CC1=CC[C@@H]2[C@H]1C(=O)C[C@@]1(O)CCCC[C@@H]21. The summed E-state index contributed by atoms with van der Waals surface area (Å²) in [5.41, 5.74) is 0.595. The van der Waals surface area contributed by atoms with E-state index in [-0.39, 0.29) is 11.7 Å². The Morgan fingerprint density at radius 2 is 2.25 bits per heavy atom. The number of carbonyl (C=O) groups is 1. The van der Waals surface area contributed by atoms with Crippen molar-refractivity contribution in [3.8, 4) is 0 Å². The maximum absolute atomic E-state index is 12.1. The van der Waals surface area contributed by atoms with Gasteiger partial charge in [-0.2, -0.15) is 0 Å². The molecule has 0 aromatic rings. The third kappa shape index (κ3) is 1.32. The highest BCUT2D eigenvalue weighted by Gasteiger charge is 2.53. The summed E-state index contributed by atoms with van der Waals surface area (Å²) < 4.78 is 0. The first-order valence-corrected chi connectivity index (χ1v) is 6.53.